The Balaban J connectivity index is 2.11. The molecule has 3 rings (SSSR count). The number of pyridine rings is 1. The Morgan fingerprint density at radius 2 is 2.06 bits per heavy atom. The van der Waals surface area contributed by atoms with E-state index < -0.39 is 24.3 Å². The van der Waals surface area contributed by atoms with Crippen LogP contribution in [0.15, 0.2) is 12.3 Å². The highest BCUT2D eigenvalue weighted by molar-refractivity contribution is 7.17. The van der Waals surface area contributed by atoms with Crippen LogP contribution in [0.25, 0.3) is 10.4 Å². The molecule has 1 fully saturated rings. The summed E-state index contributed by atoms with van der Waals surface area (Å²) < 4.78 is 28.3. The summed E-state index contributed by atoms with van der Waals surface area (Å²) in [4.78, 5) is 36.5. The van der Waals surface area contributed by atoms with E-state index in [4.69, 9.17) is 0 Å². The molecule has 0 aliphatic carbocycles. The molecule has 3 heterocycles. The number of aromatic nitrogens is 2. The summed E-state index contributed by atoms with van der Waals surface area (Å²) in [6, 6.07) is 0.726. The van der Waals surface area contributed by atoms with E-state index in [1.165, 1.54) is 12.3 Å². The van der Waals surface area contributed by atoms with Crippen molar-refractivity contribution >= 4 is 29.0 Å². The smallest absolute Gasteiger partial charge is 0.280 e. The summed E-state index contributed by atoms with van der Waals surface area (Å²) in [7, 11) is 0. The average Bonchev–Trinajstić information content (AvgIpc) is 3.38. The minimum absolute atomic E-state index is 0.0141. The monoisotopic (exact) mass is 495 g/mol. The van der Waals surface area contributed by atoms with Gasteiger partial charge in [0.2, 0.25) is 0 Å². The van der Waals surface area contributed by atoms with Gasteiger partial charge < -0.3 is 20.6 Å². The fraction of sp³-hybridized carbons (Fsp3) is 0.565. The number of anilines is 1. The van der Waals surface area contributed by atoms with E-state index >= 15 is 0 Å². The van der Waals surface area contributed by atoms with Gasteiger partial charge in [-0.2, -0.15) is 0 Å². The maximum atomic E-state index is 14.1. The van der Waals surface area contributed by atoms with Crippen LogP contribution in [0.2, 0.25) is 0 Å². The number of aliphatic hydroxyl groups excluding tert-OH is 1. The van der Waals surface area contributed by atoms with Gasteiger partial charge in [0.15, 0.2) is 5.01 Å². The van der Waals surface area contributed by atoms with Crippen LogP contribution in [0.3, 0.4) is 0 Å². The van der Waals surface area contributed by atoms with Gasteiger partial charge in [0.25, 0.3) is 18.2 Å². The number of carbonyl (C=O) groups excluding carboxylic acids is 2. The first kappa shape index (κ1) is 26.0. The molecule has 11 heteroatoms. The second kappa shape index (κ2) is 10.3. The number of thiazole rings is 1. The third-order valence-electron chi connectivity index (χ3n) is 5.41. The Hall–Kier alpha value is -2.66. The lowest BCUT2D eigenvalue weighted by atomic mass is 10.1. The number of rotatable bonds is 7. The molecule has 1 aliphatic heterocycles. The van der Waals surface area contributed by atoms with Crippen molar-refractivity contribution in [1.29, 1.82) is 0 Å². The second-order valence-electron chi connectivity index (χ2n) is 9.58. The molecule has 1 aliphatic rings. The lowest BCUT2D eigenvalue weighted by Gasteiger charge is -2.23. The van der Waals surface area contributed by atoms with Crippen molar-refractivity contribution in [2.75, 3.05) is 18.5 Å². The molecule has 186 valence electrons. The molecule has 2 aromatic rings. The minimum Gasteiger partial charge on any atom is -0.394 e. The highest BCUT2D eigenvalue weighted by Gasteiger charge is 2.33. The summed E-state index contributed by atoms with van der Waals surface area (Å²) >= 11 is 0.866. The van der Waals surface area contributed by atoms with E-state index in [0.29, 0.717) is 6.54 Å². The van der Waals surface area contributed by atoms with Crippen LogP contribution in [0, 0.1) is 0 Å². The molecule has 2 unspecified atom stereocenters. The number of alkyl halides is 2. The van der Waals surface area contributed by atoms with Crippen molar-refractivity contribution < 1.29 is 23.5 Å². The molecule has 34 heavy (non-hydrogen) atoms. The van der Waals surface area contributed by atoms with Crippen molar-refractivity contribution in [2.24, 2.45) is 0 Å². The SMILES string of the molecule is CC(CO)NC(=O)c1nc(C(=O)N2CCCC2C)c(-c2cnc(NC(C)(C)C)cc2C(F)F)s1. The third-order valence-corrected chi connectivity index (χ3v) is 6.50. The van der Waals surface area contributed by atoms with Crippen LogP contribution in [0.4, 0.5) is 14.6 Å². The number of halogens is 2. The van der Waals surface area contributed by atoms with E-state index in [-0.39, 0.29) is 50.7 Å². The fourth-order valence-corrected chi connectivity index (χ4v) is 4.73. The second-order valence-corrected chi connectivity index (χ2v) is 10.6. The number of hydrogen-bond donors (Lipinski definition) is 3. The van der Waals surface area contributed by atoms with Gasteiger partial charge in [-0.05, 0) is 53.5 Å². The van der Waals surface area contributed by atoms with E-state index in [1.807, 2.05) is 27.7 Å². The van der Waals surface area contributed by atoms with Gasteiger partial charge >= 0.3 is 0 Å². The topological polar surface area (TPSA) is 107 Å². The van der Waals surface area contributed by atoms with Crippen molar-refractivity contribution in [3.05, 3.63) is 28.5 Å². The van der Waals surface area contributed by atoms with Gasteiger partial charge in [0, 0.05) is 41.5 Å². The lowest BCUT2D eigenvalue weighted by molar-refractivity contribution is 0.0743. The van der Waals surface area contributed by atoms with Crippen LogP contribution in [0.5, 0.6) is 0 Å². The zero-order valence-electron chi connectivity index (χ0n) is 20.0. The normalized spacial score (nSPS) is 17.2. The van der Waals surface area contributed by atoms with E-state index in [0.717, 1.165) is 24.2 Å². The summed E-state index contributed by atoms with van der Waals surface area (Å²) in [5.41, 5.74) is -0.665. The molecule has 0 bridgehead atoms. The van der Waals surface area contributed by atoms with Gasteiger partial charge in [0.1, 0.15) is 11.5 Å². The molecular weight excluding hydrogens is 464 g/mol. The Morgan fingerprint density at radius 3 is 2.62 bits per heavy atom. The predicted molar refractivity (Wildman–Crippen MR) is 127 cm³/mol. The quantitative estimate of drug-likeness (QED) is 0.534. The highest BCUT2D eigenvalue weighted by atomic mass is 32.1. The maximum absolute atomic E-state index is 14.1. The average molecular weight is 496 g/mol. The van der Waals surface area contributed by atoms with E-state index in [2.05, 4.69) is 20.6 Å². The molecular formula is C23H31F2N5O3S. The highest BCUT2D eigenvalue weighted by Crippen LogP contribution is 2.39. The lowest BCUT2D eigenvalue weighted by Crippen LogP contribution is -2.35. The van der Waals surface area contributed by atoms with Crippen molar-refractivity contribution in [1.82, 2.24) is 20.2 Å². The molecule has 2 amide bonds. The molecule has 2 atom stereocenters. The maximum Gasteiger partial charge on any atom is 0.280 e. The van der Waals surface area contributed by atoms with Crippen LogP contribution in [-0.2, 0) is 0 Å². The van der Waals surface area contributed by atoms with Crippen molar-refractivity contribution in [3.8, 4) is 10.4 Å². The zero-order chi connectivity index (χ0) is 25.2. The fourth-order valence-electron chi connectivity index (χ4n) is 3.74. The number of nitrogens with one attached hydrogen (secondary N) is 2. The van der Waals surface area contributed by atoms with Gasteiger partial charge in [-0.25, -0.2) is 18.7 Å². The first-order chi connectivity index (χ1) is 15.9. The Kier molecular flexibility index (Phi) is 7.87. The Bertz CT molecular complexity index is 1050. The van der Waals surface area contributed by atoms with E-state index in [1.54, 1.807) is 11.8 Å². The third kappa shape index (κ3) is 5.87. The first-order valence-electron chi connectivity index (χ1n) is 11.2. The number of hydrogen-bond acceptors (Lipinski definition) is 7. The largest absolute Gasteiger partial charge is 0.394 e. The standard InChI is InChI=1S/C23H31F2N5O3S/c1-12(11-31)27-20(32)21-28-17(22(33)30-8-6-7-13(30)2)18(34-21)15-10-26-16(29-23(3,4)5)9-14(15)19(24)25/h9-10,12-13,19,31H,6-8,11H2,1-5H3,(H,26,29)(H,27,32). The van der Waals surface area contributed by atoms with Gasteiger partial charge in [-0.3, -0.25) is 9.59 Å². The summed E-state index contributed by atoms with van der Waals surface area (Å²) in [5.74, 6) is -0.701. The number of amides is 2. The molecule has 3 N–H and O–H groups in total. The van der Waals surface area contributed by atoms with Gasteiger partial charge in [-0.15, -0.1) is 11.3 Å². The summed E-state index contributed by atoms with van der Waals surface area (Å²) in [6.07, 6.45) is 0.139. The van der Waals surface area contributed by atoms with Crippen LogP contribution >= 0.6 is 11.3 Å². The molecule has 0 radical (unpaired) electrons. The van der Waals surface area contributed by atoms with Crippen LogP contribution in [0.1, 0.15) is 79.7 Å². The predicted octanol–water partition coefficient (Wildman–Crippen LogP) is 4.09. The zero-order valence-corrected chi connectivity index (χ0v) is 20.8. The van der Waals surface area contributed by atoms with E-state index in [9.17, 15) is 23.5 Å². The minimum atomic E-state index is -2.83. The number of likely N-dealkylation sites (tertiary alicyclic amines) is 1. The molecule has 1 saturated heterocycles. The molecule has 0 aromatic carbocycles. The number of carbonyl (C=O) groups is 2. The Morgan fingerprint density at radius 1 is 1.35 bits per heavy atom. The summed E-state index contributed by atoms with van der Waals surface area (Å²) in [5, 5.41) is 14.9. The molecule has 0 spiro atoms. The summed E-state index contributed by atoms with van der Waals surface area (Å²) in [6.45, 7) is 9.47. The van der Waals surface area contributed by atoms with Gasteiger partial charge in [-0.1, -0.05) is 0 Å². The van der Waals surface area contributed by atoms with Crippen molar-refractivity contribution in [2.45, 2.75) is 71.5 Å². The van der Waals surface area contributed by atoms with Crippen LogP contribution in [-0.4, -0.2) is 62.6 Å². The molecule has 0 saturated carbocycles. The van der Waals surface area contributed by atoms with Crippen LogP contribution < -0.4 is 10.6 Å². The number of aliphatic hydroxyl groups is 1. The number of nitrogens with zero attached hydrogens (tertiary/aromatic N) is 3. The molecule has 2 aromatic heterocycles. The van der Waals surface area contributed by atoms with Gasteiger partial charge in [0.05, 0.1) is 11.5 Å². The first-order valence-corrected chi connectivity index (χ1v) is 12.0. The van der Waals surface area contributed by atoms with Crippen molar-refractivity contribution in [3.63, 3.8) is 0 Å². The Labute approximate surface area is 201 Å². The molecule has 8 nitrogen and oxygen atoms in total.